The molecule has 0 aromatic heterocycles. The summed E-state index contributed by atoms with van der Waals surface area (Å²) in [6.07, 6.45) is 0.161. The Morgan fingerprint density at radius 2 is 1.03 bits per heavy atom. The zero-order chi connectivity index (χ0) is 23.3. The van der Waals surface area contributed by atoms with Crippen molar-refractivity contribution in [2.24, 2.45) is 0 Å². The maximum absolute atomic E-state index is 11.0. The van der Waals surface area contributed by atoms with Crippen molar-refractivity contribution in [3.63, 3.8) is 0 Å². The van der Waals surface area contributed by atoms with Crippen molar-refractivity contribution in [3.8, 4) is 22.6 Å². The molecule has 2 rings (SSSR count). The second kappa shape index (κ2) is 12.9. The Hall–Kier alpha value is -3.62. The Balaban J connectivity index is 1.80. The number of ether oxygens (including phenoxy) is 4. The van der Waals surface area contributed by atoms with Crippen LogP contribution in [0.3, 0.4) is 0 Å². The van der Waals surface area contributed by atoms with Crippen LogP contribution < -0.4 is 9.47 Å². The third kappa shape index (κ3) is 8.63. The highest BCUT2D eigenvalue weighted by atomic mass is 16.6. The molecule has 0 saturated heterocycles. The number of benzene rings is 2. The summed E-state index contributed by atoms with van der Waals surface area (Å²) in [5, 5.41) is 19.5. The molecule has 0 aliphatic heterocycles. The predicted octanol–water partition coefficient (Wildman–Crippen LogP) is 2.29. The van der Waals surface area contributed by atoms with Gasteiger partial charge in [0, 0.05) is 12.2 Å². The molecule has 2 aromatic carbocycles. The molecule has 0 aliphatic carbocycles. The van der Waals surface area contributed by atoms with Gasteiger partial charge in [-0.05, 0) is 35.4 Å². The fraction of sp³-hybridized carbons (Fsp3) is 0.250. The molecule has 0 heterocycles. The molecule has 2 atom stereocenters. The number of aliphatic hydroxyl groups is 2. The van der Waals surface area contributed by atoms with Crippen LogP contribution >= 0.6 is 0 Å². The lowest BCUT2D eigenvalue weighted by Crippen LogP contribution is -2.24. The van der Waals surface area contributed by atoms with Gasteiger partial charge in [0.2, 0.25) is 0 Å². The Labute approximate surface area is 186 Å². The molecule has 170 valence electrons. The van der Waals surface area contributed by atoms with Gasteiger partial charge in [-0.1, -0.05) is 37.4 Å². The van der Waals surface area contributed by atoms with Crippen LogP contribution in [-0.2, 0) is 19.1 Å². The summed E-state index contributed by atoms with van der Waals surface area (Å²) in [6, 6.07) is 14.5. The van der Waals surface area contributed by atoms with Crippen molar-refractivity contribution in [1.29, 1.82) is 0 Å². The van der Waals surface area contributed by atoms with Crippen molar-refractivity contribution in [1.82, 2.24) is 0 Å². The fourth-order valence-electron chi connectivity index (χ4n) is 2.44. The van der Waals surface area contributed by atoms with Crippen molar-refractivity contribution >= 4 is 11.9 Å². The van der Waals surface area contributed by atoms with Gasteiger partial charge in [-0.3, -0.25) is 0 Å². The Morgan fingerprint density at radius 1 is 0.688 bits per heavy atom. The lowest BCUT2D eigenvalue weighted by Gasteiger charge is -2.13. The summed E-state index contributed by atoms with van der Waals surface area (Å²) in [7, 11) is 0. The van der Waals surface area contributed by atoms with Crippen LogP contribution in [-0.4, -0.2) is 60.8 Å². The average molecular weight is 442 g/mol. The van der Waals surface area contributed by atoms with Gasteiger partial charge in [-0.15, -0.1) is 0 Å². The van der Waals surface area contributed by atoms with Gasteiger partial charge in [0.05, 0.1) is 0 Å². The zero-order valence-corrected chi connectivity index (χ0v) is 17.5. The maximum atomic E-state index is 11.0. The van der Waals surface area contributed by atoms with E-state index in [9.17, 15) is 19.8 Å². The van der Waals surface area contributed by atoms with Crippen LogP contribution in [0.1, 0.15) is 0 Å². The number of rotatable bonds is 13. The van der Waals surface area contributed by atoms with Crippen LogP contribution in [0.4, 0.5) is 0 Å². The van der Waals surface area contributed by atoms with E-state index in [0.717, 1.165) is 23.3 Å². The van der Waals surface area contributed by atoms with Gasteiger partial charge < -0.3 is 29.2 Å². The molecule has 0 amide bonds. The minimum absolute atomic E-state index is 0.0194. The first kappa shape index (κ1) is 24.6. The van der Waals surface area contributed by atoms with Crippen LogP contribution in [0, 0.1) is 0 Å². The molecule has 0 radical (unpaired) electrons. The van der Waals surface area contributed by atoms with Gasteiger partial charge >= 0.3 is 11.9 Å². The SMILES string of the molecule is C=CC(=O)OCC(O)COc1ccc(-c2ccc(OCC(O)COC(=O)C=C)cc2)cc1. The van der Waals surface area contributed by atoms with E-state index in [1.54, 1.807) is 24.3 Å². The first-order valence-electron chi connectivity index (χ1n) is 9.82. The topological polar surface area (TPSA) is 112 Å². The van der Waals surface area contributed by atoms with E-state index in [1.807, 2.05) is 24.3 Å². The largest absolute Gasteiger partial charge is 0.491 e. The molecule has 2 aromatic rings. The van der Waals surface area contributed by atoms with Crippen molar-refractivity contribution in [2.75, 3.05) is 26.4 Å². The molecule has 8 nitrogen and oxygen atoms in total. The molecule has 0 aliphatic rings. The molecule has 0 bridgehead atoms. The third-order valence-electron chi connectivity index (χ3n) is 4.10. The quantitative estimate of drug-likeness (QED) is 0.359. The molecule has 8 heteroatoms. The van der Waals surface area contributed by atoms with Gasteiger partial charge in [0.1, 0.15) is 50.1 Å². The highest BCUT2D eigenvalue weighted by Crippen LogP contribution is 2.24. The second-order valence-electron chi connectivity index (χ2n) is 6.65. The summed E-state index contributed by atoms with van der Waals surface area (Å²) < 4.78 is 20.5. The molecule has 2 N–H and O–H groups in total. The van der Waals surface area contributed by atoms with Crippen LogP contribution in [0.25, 0.3) is 11.1 Å². The van der Waals surface area contributed by atoms with Crippen LogP contribution in [0.2, 0.25) is 0 Å². The lowest BCUT2D eigenvalue weighted by molar-refractivity contribution is -0.142. The van der Waals surface area contributed by atoms with Crippen molar-refractivity contribution < 1.29 is 38.7 Å². The molecular weight excluding hydrogens is 416 g/mol. The van der Waals surface area contributed by atoms with E-state index in [2.05, 4.69) is 13.2 Å². The summed E-state index contributed by atoms with van der Waals surface area (Å²) in [5.74, 6) is -0.0760. The summed E-state index contributed by atoms with van der Waals surface area (Å²) >= 11 is 0. The van der Waals surface area contributed by atoms with E-state index in [1.165, 1.54) is 0 Å². The molecule has 0 saturated carbocycles. The molecule has 0 spiro atoms. The average Bonchev–Trinajstić information content (AvgIpc) is 2.83. The summed E-state index contributed by atoms with van der Waals surface area (Å²) in [5.41, 5.74) is 1.89. The van der Waals surface area contributed by atoms with E-state index >= 15 is 0 Å². The molecular formula is C24H26O8. The number of carbonyl (C=O) groups is 2. The Bertz CT molecular complexity index is 814. The van der Waals surface area contributed by atoms with Gasteiger partial charge in [0.15, 0.2) is 0 Å². The maximum Gasteiger partial charge on any atom is 0.330 e. The minimum Gasteiger partial charge on any atom is -0.491 e. The van der Waals surface area contributed by atoms with Gasteiger partial charge in [-0.2, -0.15) is 0 Å². The summed E-state index contributed by atoms with van der Waals surface area (Å²) in [6.45, 7) is 6.17. The first-order chi connectivity index (χ1) is 15.4. The molecule has 0 fully saturated rings. The third-order valence-corrected chi connectivity index (χ3v) is 4.10. The summed E-state index contributed by atoms with van der Waals surface area (Å²) in [4.78, 5) is 22.0. The molecule has 32 heavy (non-hydrogen) atoms. The van der Waals surface area contributed by atoms with E-state index < -0.39 is 24.1 Å². The highest BCUT2D eigenvalue weighted by Gasteiger charge is 2.10. The van der Waals surface area contributed by atoms with Crippen molar-refractivity contribution in [3.05, 3.63) is 73.8 Å². The smallest absolute Gasteiger partial charge is 0.330 e. The van der Waals surface area contributed by atoms with Crippen LogP contribution in [0.5, 0.6) is 11.5 Å². The second-order valence-corrected chi connectivity index (χ2v) is 6.65. The fourth-order valence-corrected chi connectivity index (χ4v) is 2.44. The van der Waals surface area contributed by atoms with Gasteiger partial charge in [0.25, 0.3) is 0 Å². The first-order valence-corrected chi connectivity index (χ1v) is 9.82. The number of hydrogen-bond donors (Lipinski definition) is 2. The number of carbonyl (C=O) groups excluding carboxylic acids is 2. The normalized spacial score (nSPS) is 12.2. The van der Waals surface area contributed by atoms with Gasteiger partial charge in [-0.25, -0.2) is 9.59 Å². The van der Waals surface area contributed by atoms with Crippen molar-refractivity contribution in [2.45, 2.75) is 12.2 Å². The molecule has 2 unspecified atom stereocenters. The monoisotopic (exact) mass is 442 g/mol. The van der Waals surface area contributed by atoms with E-state index in [4.69, 9.17) is 18.9 Å². The Morgan fingerprint density at radius 3 is 1.34 bits per heavy atom. The van der Waals surface area contributed by atoms with E-state index in [0.29, 0.717) is 11.5 Å². The number of esters is 2. The Kier molecular flexibility index (Phi) is 9.96. The lowest BCUT2D eigenvalue weighted by atomic mass is 10.1. The van der Waals surface area contributed by atoms with E-state index in [-0.39, 0.29) is 26.4 Å². The van der Waals surface area contributed by atoms with Crippen LogP contribution in [0.15, 0.2) is 73.8 Å². The minimum atomic E-state index is -0.946. The number of hydrogen-bond acceptors (Lipinski definition) is 8. The number of aliphatic hydroxyl groups excluding tert-OH is 2. The zero-order valence-electron chi connectivity index (χ0n) is 17.5. The standard InChI is InChI=1S/C24H26O8/c1-3-23(27)31-15-19(25)13-29-21-9-5-17(6-10-21)18-7-11-22(12-8-18)30-14-20(26)16-32-24(28)4-2/h3-12,19-20,25-26H,1-2,13-16H2. The predicted molar refractivity (Wildman–Crippen MR) is 117 cm³/mol. The highest BCUT2D eigenvalue weighted by molar-refractivity contribution is 5.81.